The number of urea groups is 1. The molecule has 0 spiro atoms. The molecule has 1 aliphatic rings. The van der Waals surface area contributed by atoms with Gasteiger partial charge in [0.25, 0.3) is 0 Å². The molecule has 1 saturated carbocycles. The van der Waals surface area contributed by atoms with Crippen LogP contribution < -0.4 is 10.6 Å². The van der Waals surface area contributed by atoms with Crippen molar-refractivity contribution in [1.29, 1.82) is 0 Å². The van der Waals surface area contributed by atoms with Gasteiger partial charge in [-0.25, -0.2) is 4.79 Å². The number of rotatable bonds is 6. The van der Waals surface area contributed by atoms with E-state index in [9.17, 15) is 9.90 Å². The quantitative estimate of drug-likeness (QED) is 0.556. The fraction of sp³-hybridized carbons (Fsp3) is 0.533. The largest absolute Gasteiger partial charge is 0.393 e. The number of hydrogen-bond acceptors (Lipinski definition) is 3. The number of aliphatic hydroxyl groups excluding tert-OH is 1. The molecule has 2 amide bonds. The highest BCUT2D eigenvalue weighted by molar-refractivity contribution is 7.99. The number of aliphatic hydroxyl groups is 1. The van der Waals surface area contributed by atoms with E-state index in [0.29, 0.717) is 19.0 Å². The van der Waals surface area contributed by atoms with Gasteiger partial charge in [0.2, 0.25) is 0 Å². The number of amides is 2. The number of hydrogen-bond donors (Lipinski definition) is 3. The molecule has 21 heavy (non-hydrogen) atoms. The monoisotopic (exact) mass is 328 g/mol. The standard InChI is InChI=1S/C15H21ClN2O2S/c16-12-2-5-14(6-3-12)21-8-7-17-15(20)18-10-11-1-4-13(19)9-11/h2-3,5-6,11,13,19H,1,4,7-10H2,(H2,17,18,20). The van der Waals surface area contributed by atoms with Gasteiger partial charge in [-0.1, -0.05) is 11.6 Å². The minimum Gasteiger partial charge on any atom is -0.393 e. The van der Waals surface area contributed by atoms with Crippen LogP contribution in [0, 0.1) is 5.92 Å². The number of carbonyl (C=O) groups excluding carboxylic acids is 1. The third-order valence-corrected chi connectivity index (χ3v) is 4.80. The molecule has 0 bridgehead atoms. The Hall–Kier alpha value is -0.910. The maximum absolute atomic E-state index is 11.6. The lowest BCUT2D eigenvalue weighted by atomic mass is 10.1. The molecule has 1 aromatic rings. The number of nitrogens with one attached hydrogen (secondary N) is 2. The van der Waals surface area contributed by atoms with Crippen molar-refractivity contribution in [2.45, 2.75) is 30.3 Å². The highest BCUT2D eigenvalue weighted by atomic mass is 35.5. The Bertz CT molecular complexity index is 455. The zero-order valence-corrected chi connectivity index (χ0v) is 13.4. The van der Waals surface area contributed by atoms with Gasteiger partial charge in [0.1, 0.15) is 0 Å². The van der Waals surface area contributed by atoms with Crippen LogP contribution in [0.4, 0.5) is 4.79 Å². The SMILES string of the molecule is O=C(NCCSc1ccc(Cl)cc1)NCC1CCC(O)C1. The van der Waals surface area contributed by atoms with Crippen LogP contribution in [0.3, 0.4) is 0 Å². The molecule has 1 fully saturated rings. The summed E-state index contributed by atoms with van der Waals surface area (Å²) >= 11 is 7.50. The van der Waals surface area contributed by atoms with E-state index in [4.69, 9.17) is 11.6 Å². The summed E-state index contributed by atoms with van der Waals surface area (Å²) in [6, 6.07) is 7.53. The van der Waals surface area contributed by atoms with Gasteiger partial charge < -0.3 is 15.7 Å². The van der Waals surface area contributed by atoms with Crippen LogP contribution >= 0.6 is 23.4 Å². The molecule has 0 aliphatic heterocycles. The molecule has 2 unspecified atom stereocenters. The summed E-state index contributed by atoms with van der Waals surface area (Å²) in [6.07, 6.45) is 2.46. The van der Waals surface area contributed by atoms with Crippen molar-refractivity contribution in [2.75, 3.05) is 18.8 Å². The van der Waals surface area contributed by atoms with Crippen LogP contribution in [0.5, 0.6) is 0 Å². The Labute approximate surface area is 134 Å². The Balaban J connectivity index is 1.54. The van der Waals surface area contributed by atoms with Crippen LogP contribution in [0.15, 0.2) is 29.2 Å². The summed E-state index contributed by atoms with van der Waals surface area (Å²) in [5, 5.41) is 15.9. The lowest BCUT2D eigenvalue weighted by Gasteiger charge is -2.11. The second kappa shape index (κ2) is 8.51. The van der Waals surface area contributed by atoms with Crippen LogP contribution in [0.2, 0.25) is 5.02 Å². The van der Waals surface area contributed by atoms with Crippen molar-refractivity contribution in [3.8, 4) is 0 Å². The molecule has 1 aliphatic carbocycles. The number of thioether (sulfide) groups is 1. The first-order valence-electron chi connectivity index (χ1n) is 7.21. The second-order valence-electron chi connectivity index (χ2n) is 5.27. The van der Waals surface area contributed by atoms with Gasteiger partial charge in [-0.05, 0) is 49.4 Å². The Morgan fingerprint density at radius 1 is 1.29 bits per heavy atom. The summed E-state index contributed by atoms with van der Waals surface area (Å²) in [7, 11) is 0. The molecular weight excluding hydrogens is 308 g/mol. The van der Waals surface area contributed by atoms with Gasteiger partial charge in [0, 0.05) is 28.8 Å². The third kappa shape index (κ3) is 6.16. The minimum atomic E-state index is -0.185. The van der Waals surface area contributed by atoms with E-state index >= 15 is 0 Å². The smallest absolute Gasteiger partial charge is 0.314 e. The van der Waals surface area contributed by atoms with Crippen molar-refractivity contribution in [1.82, 2.24) is 10.6 Å². The van der Waals surface area contributed by atoms with Crippen LogP contribution in [-0.4, -0.2) is 36.1 Å². The van der Waals surface area contributed by atoms with Gasteiger partial charge >= 0.3 is 6.03 Å². The molecule has 2 atom stereocenters. The van der Waals surface area contributed by atoms with Gasteiger partial charge in [-0.3, -0.25) is 0 Å². The summed E-state index contributed by atoms with van der Waals surface area (Å²) < 4.78 is 0. The Morgan fingerprint density at radius 2 is 2.05 bits per heavy atom. The second-order valence-corrected chi connectivity index (χ2v) is 6.88. The summed E-state index contributed by atoms with van der Waals surface area (Å²) in [6.45, 7) is 1.26. The summed E-state index contributed by atoms with van der Waals surface area (Å²) in [5.41, 5.74) is 0. The van der Waals surface area contributed by atoms with Gasteiger partial charge in [0.05, 0.1) is 6.10 Å². The van der Waals surface area contributed by atoms with Gasteiger partial charge in [-0.2, -0.15) is 0 Å². The normalized spacial score (nSPS) is 21.2. The highest BCUT2D eigenvalue weighted by Crippen LogP contribution is 2.24. The maximum Gasteiger partial charge on any atom is 0.314 e. The Morgan fingerprint density at radius 3 is 2.71 bits per heavy atom. The van der Waals surface area contributed by atoms with Gasteiger partial charge in [0.15, 0.2) is 0 Å². The molecule has 0 saturated heterocycles. The molecule has 0 heterocycles. The zero-order valence-electron chi connectivity index (χ0n) is 11.8. The van der Waals surface area contributed by atoms with Crippen LogP contribution in [0.25, 0.3) is 0 Å². The molecular formula is C15H21ClN2O2S. The average Bonchev–Trinajstić information content (AvgIpc) is 2.89. The van der Waals surface area contributed by atoms with E-state index in [1.54, 1.807) is 11.8 Å². The zero-order chi connectivity index (χ0) is 15.1. The average molecular weight is 329 g/mol. The van der Waals surface area contributed by atoms with E-state index < -0.39 is 0 Å². The van der Waals surface area contributed by atoms with E-state index in [1.807, 2.05) is 24.3 Å². The summed E-state index contributed by atoms with van der Waals surface area (Å²) in [5.74, 6) is 1.23. The Kier molecular flexibility index (Phi) is 6.67. The number of halogens is 1. The van der Waals surface area contributed by atoms with E-state index in [0.717, 1.165) is 34.9 Å². The molecule has 3 N–H and O–H groups in total. The fourth-order valence-electron chi connectivity index (χ4n) is 2.40. The van der Waals surface area contributed by atoms with E-state index in [1.165, 1.54) is 0 Å². The first-order valence-corrected chi connectivity index (χ1v) is 8.58. The van der Waals surface area contributed by atoms with Crippen molar-refractivity contribution >= 4 is 29.4 Å². The number of benzene rings is 1. The maximum atomic E-state index is 11.6. The summed E-state index contributed by atoms with van der Waals surface area (Å²) in [4.78, 5) is 12.8. The first-order chi connectivity index (χ1) is 10.1. The van der Waals surface area contributed by atoms with E-state index in [2.05, 4.69) is 10.6 Å². The predicted molar refractivity (Wildman–Crippen MR) is 86.9 cm³/mol. The van der Waals surface area contributed by atoms with Crippen LogP contribution in [0.1, 0.15) is 19.3 Å². The highest BCUT2D eigenvalue weighted by Gasteiger charge is 2.22. The van der Waals surface area contributed by atoms with Gasteiger partial charge in [-0.15, -0.1) is 11.8 Å². The minimum absolute atomic E-state index is 0.131. The van der Waals surface area contributed by atoms with Crippen molar-refractivity contribution < 1.29 is 9.90 Å². The van der Waals surface area contributed by atoms with Crippen molar-refractivity contribution in [3.63, 3.8) is 0 Å². The third-order valence-electron chi connectivity index (χ3n) is 3.53. The topological polar surface area (TPSA) is 61.4 Å². The molecule has 0 aromatic heterocycles. The molecule has 2 rings (SSSR count). The number of carbonyl (C=O) groups is 1. The van der Waals surface area contributed by atoms with Crippen LogP contribution in [-0.2, 0) is 0 Å². The molecule has 6 heteroatoms. The first kappa shape index (κ1) is 16.5. The molecule has 1 aromatic carbocycles. The molecule has 116 valence electrons. The van der Waals surface area contributed by atoms with Crippen molar-refractivity contribution in [2.24, 2.45) is 5.92 Å². The molecule has 0 radical (unpaired) electrons. The lowest BCUT2D eigenvalue weighted by molar-refractivity contribution is 0.177. The van der Waals surface area contributed by atoms with E-state index in [-0.39, 0.29) is 12.1 Å². The van der Waals surface area contributed by atoms with Crippen molar-refractivity contribution in [3.05, 3.63) is 29.3 Å². The predicted octanol–water partition coefficient (Wildman–Crippen LogP) is 2.89. The molecule has 4 nitrogen and oxygen atoms in total. The fourth-order valence-corrected chi connectivity index (χ4v) is 3.29. The lowest BCUT2D eigenvalue weighted by Crippen LogP contribution is -2.38.